The molecular weight excluding hydrogens is 280 g/mol. The number of aromatic nitrogens is 3. The highest BCUT2D eigenvalue weighted by Gasteiger charge is 2.23. The molecule has 116 valence electrons. The molecule has 0 fully saturated rings. The predicted octanol–water partition coefficient (Wildman–Crippen LogP) is 1.55. The number of amides is 1. The van der Waals surface area contributed by atoms with Gasteiger partial charge in [-0.3, -0.25) is 4.79 Å². The van der Waals surface area contributed by atoms with Crippen molar-refractivity contribution in [2.24, 2.45) is 0 Å². The SMILES string of the molecule is CCn1nncc1C(=O)N1CCc2cccc(OC)c2CC1. The van der Waals surface area contributed by atoms with Gasteiger partial charge in [0.2, 0.25) is 0 Å². The van der Waals surface area contributed by atoms with E-state index in [-0.39, 0.29) is 5.91 Å². The van der Waals surface area contributed by atoms with E-state index < -0.39 is 0 Å². The lowest BCUT2D eigenvalue weighted by Crippen LogP contribution is -2.34. The lowest BCUT2D eigenvalue weighted by molar-refractivity contribution is 0.0750. The molecule has 0 saturated heterocycles. The number of hydrogen-bond acceptors (Lipinski definition) is 4. The van der Waals surface area contributed by atoms with Crippen LogP contribution in [0.15, 0.2) is 24.4 Å². The molecule has 2 heterocycles. The van der Waals surface area contributed by atoms with E-state index in [9.17, 15) is 4.79 Å². The number of hydrogen-bond donors (Lipinski definition) is 0. The molecule has 0 saturated carbocycles. The topological polar surface area (TPSA) is 60.2 Å². The van der Waals surface area contributed by atoms with Gasteiger partial charge in [-0.25, -0.2) is 4.68 Å². The zero-order valence-corrected chi connectivity index (χ0v) is 13.0. The summed E-state index contributed by atoms with van der Waals surface area (Å²) in [7, 11) is 1.69. The van der Waals surface area contributed by atoms with Crippen LogP contribution in [0.3, 0.4) is 0 Å². The minimum Gasteiger partial charge on any atom is -0.496 e. The van der Waals surface area contributed by atoms with Crippen molar-refractivity contribution in [3.8, 4) is 5.75 Å². The fraction of sp³-hybridized carbons (Fsp3) is 0.438. The molecule has 6 heteroatoms. The van der Waals surface area contributed by atoms with E-state index in [1.54, 1.807) is 18.0 Å². The summed E-state index contributed by atoms with van der Waals surface area (Å²) in [5, 5.41) is 7.78. The quantitative estimate of drug-likeness (QED) is 0.863. The number of carbonyl (C=O) groups is 1. The van der Waals surface area contributed by atoms with Crippen molar-refractivity contribution in [2.75, 3.05) is 20.2 Å². The molecule has 1 aliphatic rings. The van der Waals surface area contributed by atoms with Gasteiger partial charge in [0.25, 0.3) is 5.91 Å². The van der Waals surface area contributed by atoms with Gasteiger partial charge in [0.1, 0.15) is 11.4 Å². The maximum atomic E-state index is 12.7. The molecule has 0 aliphatic carbocycles. The highest BCUT2D eigenvalue weighted by molar-refractivity contribution is 5.92. The fourth-order valence-electron chi connectivity index (χ4n) is 2.96. The van der Waals surface area contributed by atoms with Gasteiger partial charge in [-0.15, -0.1) is 5.10 Å². The van der Waals surface area contributed by atoms with E-state index in [4.69, 9.17) is 4.74 Å². The first-order chi connectivity index (χ1) is 10.7. The Bertz CT molecular complexity index is 681. The number of aryl methyl sites for hydroxylation is 1. The normalized spacial score (nSPS) is 14.4. The minimum absolute atomic E-state index is 0.00128. The molecule has 6 nitrogen and oxygen atoms in total. The van der Waals surface area contributed by atoms with Gasteiger partial charge in [0.05, 0.1) is 13.3 Å². The third-order valence-corrected chi connectivity index (χ3v) is 4.16. The van der Waals surface area contributed by atoms with Crippen molar-refractivity contribution in [3.05, 3.63) is 41.2 Å². The van der Waals surface area contributed by atoms with Gasteiger partial charge in [0.15, 0.2) is 0 Å². The molecule has 3 rings (SSSR count). The minimum atomic E-state index is -0.00128. The average Bonchev–Trinajstić information content (AvgIpc) is 2.92. The van der Waals surface area contributed by atoms with Gasteiger partial charge in [-0.05, 0) is 37.0 Å². The van der Waals surface area contributed by atoms with Crippen molar-refractivity contribution in [1.29, 1.82) is 0 Å². The number of nitrogens with zero attached hydrogens (tertiary/aromatic N) is 4. The Balaban J connectivity index is 1.81. The van der Waals surface area contributed by atoms with Crippen molar-refractivity contribution in [1.82, 2.24) is 19.9 Å². The third kappa shape index (κ3) is 2.56. The van der Waals surface area contributed by atoms with E-state index in [0.29, 0.717) is 25.3 Å². The van der Waals surface area contributed by atoms with E-state index in [2.05, 4.69) is 16.4 Å². The van der Waals surface area contributed by atoms with Gasteiger partial charge in [-0.2, -0.15) is 0 Å². The molecule has 1 aromatic carbocycles. The molecular formula is C16H20N4O2. The van der Waals surface area contributed by atoms with Crippen molar-refractivity contribution in [3.63, 3.8) is 0 Å². The van der Waals surface area contributed by atoms with E-state index in [1.807, 2.05) is 24.0 Å². The molecule has 1 aliphatic heterocycles. The zero-order valence-electron chi connectivity index (χ0n) is 13.0. The second kappa shape index (κ2) is 6.17. The predicted molar refractivity (Wildman–Crippen MR) is 82.0 cm³/mol. The lowest BCUT2D eigenvalue weighted by atomic mass is 10.0. The largest absolute Gasteiger partial charge is 0.496 e. The molecule has 22 heavy (non-hydrogen) atoms. The van der Waals surface area contributed by atoms with E-state index >= 15 is 0 Å². The number of rotatable bonds is 3. The first kappa shape index (κ1) is 14.6. The summed E-state index contributed by atoms with van der Waals surface area (Å²) in [4.78, 5) is 14.6. The molecule has 0 radical (unpaired) electrons. The lowest BCUT2D eigenvalue weighted by Gasteiger charge is -2.20. The van der Waals surface area contributed by atoms with Crippen LogP contribution in [0.25, 0.3) is 0 Å². The number of methoxy groups -OCH3 is 1. The standard InChI is InChI=1S/C16H20N4O2/c1-3-20-14(11-17-18-20)16(21)19-9-7-12-5-4-6-15(22-2)13(12)8-10-19/h4-6,11H,3,7-10H2,1-2H3. The molecule has 0 atom stereocenters. The van der Waals surface area contributed by atoms with Gasteiger partial charge in [-0.1, -0.05) is 17.3 Å². The summed E-state index contributed by atoms with van der Waals surface area (Å²) in [5.74, 6) is 0.908. The summed E-state index contributed by atoms with van der Waals surface area (Å²) >= 11 is 0. The summed E-state index contributed by atoms with van der Waals surface area (Å²) in [6.07, 6.45) is 3.19. The summed E-state index contributed by atoms with van der Waals surface area (Å²) < 4.78 is 7.08. The first-order valence-corrected chi connectivity index (χ1v) is 7.57. The molecule has 0 unspecified atom stereocenters. The number of carbonyl (C=O) groups excluding carboxylic acids is 1. The van der Waals surface area contributed by atoms with E-state index in [1.165, 1.54) is 11.1 Å². The Morgan fingerprint density at radius 1 is 1.32 bits per heavy atom. The Kier molecular flexibility index (Phi) is 4.09. The van der Waals surface area contributed by atoms with Crippen molar-refractivity contribution in [2.45, 2.75) is 26.3 Å². The Labute approximate surface area is 129 Å². The number of fused-ring (bicyclic) bond motifs is 1. The maximum Gasteiger partial charge on any atom is 0.273 e. The van der Waals surface area contributed by atoms with Crippen LogP contribution in [0.2, 0.25) is 0 Å². The summed E-state index contributed by atoms with van der Waals surface area (Å²) in [5.41, 5.74) is 3.03. The van der Waals surface area contributed by atoms with Gasteiger partial charge in [0, 0.05) is 19.6 Å². The van der Waals surface area contributed by atoms with Crippen molar-refractivity contribution >= 4 is 5.91 Å². The molecule has 0 N–H and O–H groups in total. The molecule has 0 spiro atoms. The van der Waals surface area contributed by atoms with Crippen LogP contribution in [0.4, 0.5) is 0 Å². The average molecular weight is 300 g/mol. The summed E-state index contributed by atoms with van der Waals surface area (Å²) in [6.45, 7) is 3.98. The van der Waals surface area contributed by atoms with Gasteiger partial charge < -0.3 is 9.64 Å². The van der Waals surface area contributed by atoms with Crippen LogP contribution in [-0.4, -0.2) is 46.0 Å². The van der Waals surface area contributed by atoms with Crippen LogP contribution in [0.5, 0.6) is 5.75 Å². The highest BCUT2D eigenvalue weighted by Crippen LogP contribution is 2.26. The second-order valence-electron chi connectivity index (χ2n) is 5.33. The Morgan fingerprint density at radius 2 is 2.14 bits per heavy atom. The molecule has 0 bridgehead atoms. The van der Waals surface area contributed by atoms with Gasteiger partial charge >= 0.3 is 0 Å². The first-order valence-electron chi connectivity index (χ1n) is 7.57. The summed E-state index contributed by atoms with van der Waals surface area (Å²) in [6, 6.07) is 6.10. The fourth-order valence-corrected chi connectivity index (χ4v) is 2.96. The maximum absolute atomic E-state index is 12.7. The zero-order chi connectivity index (χ0) is 15.5. The smallest absolute Gasteiger partial charge is 0.273 e. The van der Waals surface area contributed by atoms with Crippen LogP contribution >= 0.6 is 0 Å². The van der Waals surface area contributed by atoms with Crippen LogP contribution < -0.4 is 4.74 Å². The molecule has 2 aromatic rings. The van der Waals surface area contributed by atoms with Crippen molar-refractivity contribution < 1.29 is 9.53 Å². The van der Waals surface area contributed by atoms with Crippen LogP contribution in [0.1, 0.15) is 28.5 Å². The number of benzene rings is 1. The second-order valence-corrected chi connectivity index (χ2v) is 5.33. The van der Waals surface area contributed by atoms with E-state index in [0.717, 1.165) is 18.6 Å². The van der Waals surface area contributed by atoms with Crippen LogP contribution in [0, 0.1) is 0 Å². The Hall–Kier alpha value is -2.37. The third-order valence-electron chi connectivity index (χ3n) is 4.16. The van der Waals surface area contributed by atoms with Crippen LogP contribution in [-0.2, 0) is 19.4 Å². The monoisotopic (exact) mass is 300 g/mol. The molecule has 1 amide bonds. The molecule has 1 aromatic heterocycles. The number of ether oxygens (including phenoxy) is 1. The Morgan fingerprint density at radius 3 is 2.91 bits per heavy atom. The highest BCUT2D eigenvalue weighted by atomic mass is 16.5.